The molecular weight excluding hydrogens is 264 g/mol. The Bertz CT molecular complexity index is 668. The number of carbonyl (C=O) groups is 1. The molecule has 2 aromatic carbocycles. The van der Waals surface area contributed by atoms with E-state index in [1.807, 2.05) is 24.3 Å². The minimum absolute atomic E-state index is 0.0207. The van der Waals surface area contributed by atoms with Crippen LogP contribution in [0.5, 0.6) is 5.75 Å². The van der Waals surface area contributed by atoms with E-state index < -0.39 is 0 Å². The second kappa shape index (κ2) is 5.87. The Hall–Kier alpha value is -2.49. The number of carbonyl (C=O) groups excluding carboxylic acids is 1. The Morgan fingerprint density at radius 1 is 1.14 bits per heavy atom. The molecule has 1 amide bonds. The van der Waals surface area contributed by atoms with Crippen molar-refractivity contribution in [2.45, 2.75) is 19.3 Å². The van der Waals surface area contributed by atoms with Crippen molar-refractivity contribution in [2.75, 3.05) is 17.7 Å². The van der Waals surface area contributed by atoms with Crippen molar-refractivity contribution in [3.8, 4) is 5.75 Å². The Labute approximate surface area is 123 Å². The highest BCUT2D eigenvalue weighted by Gasteiger charge is 2.12. The fraction of sp³-hybridized carbons (Fsp3) is 0.235. The number of nitrogens with one attached hydrogen (secondary N) is 1. The van der Waals surface area contributed by atoms with Gasteiger partial charge in [0.25, 0.3) is 5.91 Å². The summed E-state index contributed by atoms with van der Waals surface area (Å²) in [5, 5.41) is 2.74. The standard InChI is InChI=1S/C17H18N2O2/c18-15-6-1-2-7-16(15)19-17(20)11-21-14-9-8-12-4-3-5-13(12)10-14/h1-2,6-10H,3-5,11,18H2,(H,19,20). The first-order valence-electron chi connectivity index (χ1n) is 7.11. The Kier molecular flexibility index (Phi) is 3.77. The normalized spacial score (nSPS) is 12.8. The van der Waals surface area contributed by atoms with Crippen molar-refractivity contribution >= 4 is 17.3 Å². The van der Waals surface area contributed by atoms with Gasteiger partial charge >= 0.3 is 0 Å². The molecule has 0 aliphatic heterocycles. The molecule has 3 rings (SSSR count). The van der Waals surface area contributed by atoms with E-state index in [9.17, 15) is 4.79 Å². The Morgan fingerprint density at radius 3 is 2.81 bits per heavy atom. The molecule has 0 fully saturated rings. The molecule has 0 radical (unpaired) electrons. The van der Waals surface area contributed by atoms with E-state index in [1.54, 1.807) is 12.1 Å². The van der Waals surface area contributed by atoms with E-state index in [4.69, 9.17) is 10.5 Å². The zero-order chi connectivity index (χ0) is 14.7. The van der Waals surface area contributed by atoms with Crippen molar-refractivity contribution in [1.29, 1.82) is 0 Å². The molecule has 4 nitrogen and oxygen atoms in total. The number of para-hydroxylation sites is 2. The predicted molar refractivity (Wildman–Crippen MR) is 83.4 cm³/mol. The summed E-state index contributed by atoms with van der Waals surface area (Å²) in [7, 11) is 0. The molecule has 1 aliphatic carbocycles. The number of hydrogen-bond donors (Lipinski definition) is 2. The smallest absolute Gasteiger partial charge is 0.262 e. The van der Waals surface area contributed by atoms with Crippen molar-refractivity contribution in [1.82, 2.24) is 0 Å². The molecule has 3 N–H and O–H groups in total. The summed E-state index contributed by atoms with van der Waals surface area (Å²) >= 11 is 0. The summed E-state index contributed by atoms with van der Waals surface area (Å²) in [5.74, 6) is 0.528. The van der Waals surface area contributed by atoms with Crippen molar-refractivity contribution in [3.63, 3.8) is 0 Å². The number of nitrogens with two attached hydrogens (primary N) is 1. The van der Waals surface area contributed by atoms with Gasteiger partial charge < -0.3 is 15.8 Å². The SMILES string of the molecule is Nc1ccccc1NC(=O)COc1ccc2c(c1)CCC2. The zero-order valence-electron chi connectivity index (χ0n) is 11.8. The molecule has 108 valence electrons. The Morgan fingerprint density at radius 2 is 1.95 bits per heavy atom. The van der Waals surface area contributed by atoms with Crippen LogP contribution in [0.3, 0.4) is 0 Å². The molecule has 0 aromatic heterocycles. The van der Waals surface area contributed by atoms with Gasteiger partial charge in [0.1, 0.15) is 5.75 Å². The molecule has 21 heavy (non-hydrogen) atoms. The summed E-state index contributed by atoms with van der Waals surface area (Å²) in [6, 6.07) is 13.2. The number of fused-ring (bicyclic) bond motifs is 1. The molecule has 0 heterocycles. The van der Waals surface area contributed by atoms with Crippen LogP contribution in [-0.4, -0.2) is 12.5 Å². The fourth-order valence-electron chi connectivity index (χ4n) is 2.58. The molecule has 0 unspecified atom stereocenters. The summed E-state index contributed by atoms with van der Waals surface area (Å²) < 4.78 is 5.55. The van der Waals surface area contributed by atoms with Crippen LogP contribution in [0.15, 0.2) is 42.5 Å². The predicted octanol–water partition coefficient (Wildman–Crippen LogP) is 2.78. The number of nitrogen functional groups attached to an aromatic ring is 1. The number of benzene rings is 2. The molecule has 1 aliphatic rings. The van der Waals surface area contributed by atoms with E-state index in [0.717, 1.165) is 18.6 Å². The maximum Gasteiger partial charge on any atom is 0.262 e. The van der Waals surface area contributed by atoms with E-state index >= 15 is 0 Å². The molecule has 0 bridgehead atoms. The summed E-state index contributed by atoms with van der Waals surface area (Å²) in [5.41, 5.74) is 9.66. The van der Waals surface area contributed by atoms with Gasteiger partial charge in [-0.2, -0.15) is 0 Å². The minimum Gasteiger partial charge on any atom is -0.484 e. The lowest BCUT2D eigenvalue weighted by Crippen LogP contribution is -2.20. The summed E-state index contributed by atoms with van der Waals surface area (Å²) in [4.78, 5) is 11.9. The van der Waals surface area contributed by atoms with Crippen molar-refractivity contribution < 1.29 is 9.53 Å². The maximum absolute atomic E-state index is 11.9. The topological polar surface area (TPSA) is 64.3 Å². The fourth-order valence-corrected chi connectivity index (χ4v) is 2.58. The minimum atomic E-state index is -0.214. The first-order chi connectivity index (χ1) is 10.2. The number of hydrogen-bond acceptors (Lipinski definition) is 3. The maximum atomic E-state index is 11.9. The third kappa shape index (κ3) is 3.16. The van der Waals surface area contributed by atoms with E-state index in [1.165, 1.54) is 17.5 Å². The molecule has 2 aromatic rings. The van der Waals surface area contributed by atoms with Crippen LogP contribution < -0.4 is 15.8 Å². The van der Waals surface area contributed by atoms with Crippen LogP contribution >= 0.6 is 0 Å². The molecule has 4 heteroatoms. The van der Waals surface area contributed by atoms with E-state index in [-0.39, 0.29) is 12.5 Å². The largest absolute Gasteiger partial charge is 0.484 e. The van der Waals surface area contributed by atoms with Gasteiger partial charge in [-0.05, 0) is 54.7 Å². The average Bonchev–Trinajstić information content (AvgIpc) is 2.95. The number of rotatable bonds is 4. The van der Waals surface area contributed by atoms with Gasteiger partial charge in [-0.3, -0.25) is 4.79 Å². The number of amides is 1. The number of ether oxygens (including phenoxy) is 1. The monoisotopic (exact) mass is 282 g/mol. The second-order valence-corrected chi connectivity index (χ2v) is 5.21. The van der Waals surface area contributed by atoms with Crippen molar-refractivity contribution in [2.24, 2.45) is 0 Å². The van der Waals surface area contributed by atoms with Crippen LogP contribution in [0.2, 0.25) is 0 Å². The van der Waals surface area contributed by atoms with Crippen LogP contribution in [0.25, 0.3) is 0 Å². The summed E-state index contributed by atoms with van der Waals surface area (Å²) in [6.07, 6.45) is 3.44. The van der Waals surface area contributed by atoms with Crippen LogP contribution in [0.1, 0.15) is 17.5 Å². The Balaban J connectivity index is 1.58. The first kappa shape index (κ1) is 13.5. The molecule has 0 saturated carbocycles. The van der Waals surface area contributed by atoms with Crippen LogP contribution in [0.4, 0.5) is 11.4 Å². The quantitative estimate of drug-likeness (QED) is 0.847. The van der Waals surface area contributed by atoms with Gasteiger partial charge in [0.15, 0.2) is 6.61 Å². The molecule has 0 atom stereocenters. The van der Waals surface area contributed by atoms with Gasteiger partial charge in [-0.15, -0.1) is 0 Å². The van der Waals surface area contributed by atoms with Crippen LogP contribution in [-0.2, 0) is 17.6 Å². The number of anilines is 2. The zero-order valence-corrected chi connectivity index (χ0v) is 11.8. The van der Waals surface area contributed by atoms with E-state index in [0.29, 0.717) is 11.4 Å². The second-order valence-electron chi connectivity index (χ2n) is 5.21. The lowest BCUT2D eigenvalue weighted by atomic mass is 10.1. The van der Waals surface area contributed by atoms with Gasteiger partial charge in [0, 0.05) is 0 Å². The first-order valence-corrected chi connectivity index (χ1v) is 7.11. The van der Waals surface area contributed by atoms with Gasteiger partial charge in [-0.25, -0.2) is 0 Å². The van der Waals surface area contributed by atoms with Crippen molar-refractivity contribution in [3.05, 3.63) is 53.6 Å². The highest BCUT2D eigenvalue weighted by atomic mass is 16.5. The average molecular weight is 282 g/mol. The highest BCUT2D eigenvalue weighted by molar-refractivity contribution is 5.94. The van der Waals surface area contributed by atoms with Gasteiger partial charge in [0.05, 0.1) is 11.4 Å². The molecule has 0 saturated heterocycles. The van der Waals surface area contributed by atoms with Gasteiger partial charge in [0.2, 0.25) is 0 Å². The van der Waals surface area contributed by atoms with E-state index in [2.05, 4.69) is 11.4 Å². The molecular formula is C17H18N2O2. The van der Waals surface area contributed by atoms with Gasteiger partial charge in [-0.1, -0.05) is 18.2 Å². The third-order valence-electron chi connectivity index (χ3n) is 3.67. The molecule has 0 spiro atoms. The number of aryl methyl sites for hydroxylation is 2. The summed E-state index contributed by atoms with van der Waals surface area (Å²) in [6.45, 7) is -0.0207. The lowest BCUT2D eigenvalue weighted by molar-refractivity contribution is -0.118. The lowest BCUT2D eigenvalue weighted by Gasteiger charge is -2.10. The third-order valence-corrected chi connectivity index (χ3v) is 3.67. The highest BCUT2D eigenvalue weighted by Crippen LogP contribution is 2.26. The van der Waals surface area contributed by atoms with Crippen LogP contribution in [0, 0.1) is 0 Å².